The maximum atomic E-state index is 13.6. The second kappa shape index (κ2) is 11.5. The van der Waals surface area contributed by atoms with Crippen LogP contribution in [0.25, 0.3) is 0 Å². The third kappa shape index (κ3) is 5.67. The summed E-state index contributed by atoms with van der Waals surface area (Å²) in [5, 5.41) is 14.3. The zero-order valence-electron chi connectivity index (χ0n) is 22.8. The second-order valence-corrected chi connectivity index (χ2v) is 10.4. The van der Waals surface area contributed by atoms with Crippen molar-refractivity contribution in [3.05, 3.63) is 65.2 Å². The summed E-state index contributed by atoms with van der Waals surface area (Å²) < 4.78 is 19.3. The number of nitrogens with one attached hydrogen (secondary N) is 2. The van der Waals surface area contributed by atoms with E-state index in [4.69, 9.17) is 14.2 Å². The lowest BCUT2D eigenvalue weighted by Crippen LogP contribution is -2.58. The largest absolute Gasteiger partial charge is 0.493 e. The van der Waals surface area contributed by atoms with E-state index in [1.807, 2.05) is 28.8 Å². The summed E-state index contributed by atoms with van der Waals surface area (Å²) >= 11 is 0. The number of methoxy groups -OCH3 is 1. The van der Waals surface area contributed by atoms with Gasteiger partial charge in [-0.25, -0.2) is 0 Å². The van der Waals surface area contributed by atoms with Crippen molar-refractivity contribution >= 4 is 17.7 Å². The van der Waals surface area contributed by atoms with Gasteiger partial charge in [-0.05, 0) is 48.7 Å². The van der Waals surface area contributed by atoms with Crippen LogP contribution in [0, 0.1) is 0 Å². The smallest absolute Gasteiger partial charge is 0.291 e. The molecule has 0 unspecified atom stereocenters. The van der Waals surface area contributed by atoms with Gasteiger partial charge < -0.3 is 34.3 Å². The fraction of sp³-hybridized carbons (Fsp3) is 0.414. The number of carbonyl (C=O) groups is 3. The van der Waals surface area contributed by atoms with Gasteiger partial charge in [-0.1, -0.05) is 12.1 Å². The summed E-state index contributed by atoms with van der Waals surface area (Å²) in [6.07, 6.45) is 2.95. The van der Waals surface area contributed by atoms with Gasteiger partial charge >= 0.3 is 0 Å². The van der Waals surface area contributed by atoms with Crippen molar-refractivity contribution in [3.63, 3.8) is 0 Å². The van der Waals surface area contributed by atoms with Crippen LogP contribution in [0.1, 0.15) is 51.6 Å². The van der Waals surface area contributed by atoms with Crippen LogP contribution < -0.4 is 24.8 Å². The first-order valence-electron chi connectivity index (χ1n) is 13.8. The SMILES string of the molecule is COc1ccc2cc1OCC(=O)NCc1ccc(cc1)O[C@@H]1CCN(C(=O)c3nnc4n3CCCC4)C[C@@H]1NC2=O. The fourth-order valence-corrected chi connectivity index (χ4v) is 5.44. The monoisotopic (exact) mass is 560 g/mol. The van der Waals surface area contributed by atoms with E-state index in [9.17, 15) is 14.4 Å². The molecule has 2 N–H and O–H groups in total. The molecular formula is C29H32N6O6. The lowest BCUT2D eigenvalue weighted by atomic mass is 10.0. The molecule has 1 saturated heterocycles. The molecule has 7 rings (SSSR count). The van der Waals surface area contributed by atoms with Gasteiger partial charge in [0.05, 0.1) is 13.2 Å². The van der Waals surface area contributed by atoms with Crippen molar-refractivity contribution < 1.29 is 28.6 Å². The molecule has 12 nitrogen and oxygen atoms in total. The average Bonchev–Trinajstić information content (AvgIpc) is 3.44. The Labute approximate surface area is 237 Å². The van der Waals surface area contributed by atoms with Crippen LogP contribution in [0.3, 0.4) is 0 Å². The first kappa shape index (κ1) is 26.6. The Morgan fingerprint density at radius 2 is 1.93 bits per heavy atom. The third-order valence-electron chi connectivity index (χ3n) is 7.69. The molecule has 1 fully saturated rings. The van der Waals surface area contributed by atoms with Crippen LogP contribution in [0.5, 0.6) is 17.2 Å². The molecule has 12 heteroatoms. The number of aromatic nitrogens is 3. The highest BCUT2D eigenvalue weighted by Gasteiger charge is 2.36. The maximum Gasteiger partial charge on any atom is 0.291 e. The van der Waals surface area contributed by atoms with E-state index in [0.29, 0.717) is 42.4 Å². The summed E-state index contributed by atoms with van der Waals surface area (Å²) in [6.45, 7) is 1.50. The molecular weight excluding hydrogens is 528 g/mol. The molecule has 4 bridgehead atoms. The van der Waals surface area contributed by atoms with Crippen LogP contribution in [0.15, 0.2) is 42.5 Å². The molecule has 0 aliphatic carbocycles. The van der Waals surface area contributed by atoms with Crippen LogP contribution in [-0.4, -0.2) is 76.3 Å². The molecule has 3 amide bonds. The Morgan fingerprint density at radius 3 is 2.76 bits per heavy atom. The first-order chi connectivity index (χ1) is 20.0. The van der Waals surface area contributed by atoms with Crippen molar-refractivity contribution in [1.29, 1.82) is 0 Å². The van der Waals surface area contributed by atoms with Crippen molar-refractivity contribution in [2.45, 2.75) is 50.9 Å². The summed E-state index contributed by atoms with van der Waals surface area (Å²) in [7, 11) is 1.49. The van der Waals surface area contributed by atoms with Crippen LogP contribution >= 0.6 is 0 Å². The molecule has 0 spiro atoms. The van der Waals surface area contributed by atoms with Gasteiger partial charge in [-0.15, -0.1) is 10.2 Å². The van der Waals surface area contributed by atoms with Crippen molar-refractivity contribution in [2.24, 2.45) is 0 Å². The van der Waals surface area contributed by atoms with E-state index in [-0.39, 0.29) is 42.7 Å². The topological polar surface area (TPSA) is 137 Å². The van der Waals surface area contributed by atoms with Gasteiger partial charge in [-0.2, -0.15) is 0 Å². The Morgan fingerprint density at radius 1 is 1.07 bits per heavy atom. The highest BCUT2D eigenvalue weighted by Crippen LogP contribution is 2.29. The average molecular weight is 561 g/mol. The summed E-state index contributed by atoms with van der Waals surface area (Å²) in [6, 6.07) is 11.7. The van der Waals surface area contributed by atoms with E-state index in [1.54, 1.807) is 23.1 Å². The molecule has 0 radical (unpaired) electrons. The number of ether oxygens (including phenoxy) is 3. The van der Waals surface area contributed by atoms with E-state index < -0.39 is 6.04 Å². The van der Waals surface area contributed by atoms with Crippen molar-refractivity contribution in [1.82, 2.24) is 30.3 Å². The van der Waals surface area contributed by atoms with Gasteiger partial charge in [0.15, 0.2) is 18.1 Å². The molecule has 2 atom stereocenters. The van der Waals surface area contributed by atoms with Gasteiger partial charge in [0.2, 0.25) is 5.82 Å². The van der Waals surface area contributed by atoms with Gasteiger partial charge in [0.25, 0.3) is 17.7 Å². The first-order valence-corrected chi connectivity index (χ1v) is 13.8. The minimum atomic E-state index is -0.506. The molecule has 1 aromatic heterocycles. The number of amides is 3. The Balaban J connectivity index is 1.29. The fourth-order valence-electron chi connectivity index (χ4n) is 5.44. The van der Waals surface area contributed by atoms with Crippen molar-refractivity contribution in [3.8, 4) is 17.2 Å². The summed E-state index contributed by atoms with van der Waals surface area (Å²) in [5.74, 6) is 1.60. The molecule has 5 heterocycles. The van der Waals surface area contributed by atoms with E-state index in [0.717, 1.165) is 37.2 Å². The van der Waals surface area contributed by atoms with E-state index in [2.05, 4.69) is 20.8 Å². The number of nitrogens with zero attached hydrogens (tertiary/aromatic N) is 4. The van der Waals surface area contributed by atoms with Gasteiger partial charge in [-0.3, -0.25) is 14.4 Å². The number of carbonyl (C=O) groups excluding carboxylic acids is 3. The van der Waals surface area contributed by atoms with Crippen molar-refractivity contribution in [2.75, 3.05) is 26.8 Å². The number of fused-ring (bicyclic) bond motifs is 8. The summed E-state index contributed by atoms with van der Waals surface area (Å²) in [5.41, 5.74) is 1.22. The standard InChI is InChI=1S/C29H32N6O6/c1-39-23-10-7-19-14-24(23)40-17-26(36)30-15-18-5-8-20(9-6-18)41-22-11-13-34(16-21(22)31-28(19)37)29(38)27-33-32-25-4-2-3-12-35(25)27/h5-10,14,21-22H,2-4,11-13,15-17H2,1H3,(H,30,36)(H,31,37)/t21-,22+/m0/s1. The molecule has 2 aromatic carbocycles. The number of likely N-dealkylation sites (tertiary alicyclic amines) is 1. The molecule has 41 heavy (non-hydrogen) atoms. The van der Waals surface area contributed by atoms with E-state index >= 15 is 0 Å². The Kier molecular flexibility index (Phi) is 7.45. The van der Waals surface area contributed by atoms with Gasteiger partial charge in [0, 0.05) is 44.6 Å². The zero-order valence-corrected chi connectivity index (χ0v) is 22.8. The Hall–Kier alpha value is -4.61. The second-order valence-electron chi connectivity index (χ2n) is 10.4. The maximum absolute atomic E-state index is 13.6. The lowest BCUT2D eigenvalue weighted by Gasteiger charge is -2.38. The molecule has 0 saturated carbocycles. The predicted octanol–water partition coefficient (Wildman–Crippen LogP) is 1.72. The number of rotatable bonds is 2. The van der Waals surface area contributed by atoms with Crippen LogP contribution in [-0.2, 0) is 24.3 Å². The quantitative estimate of drug-likeness (QED) is 0.484. The van der Waals surface area contributed by atoms with E-state index in [1.165, 1.54) is 7.11 Å². The van der Waals surface area contributed by atoms with Crippen LogP contribution in [0.4, 0.5) is 0 Å². The highest BCUT2D eigenvalue weighted by atomic mass is 16.5. The number of hydrogen-bond donors (Lipinski definition) is 2. The number of aryl methyl sites for hydroxylation is 1. The normalized spacial score (nSPS) is 20.9. The predicted molar refractivity (Wildman–Crippen MR) is 146 cm³/mol. The summed E-state index contributed by atoms with van der Waals surface area (Å²) in [4.78, 5) is 41.2. The molecule has 3 aromatic rings. The minimum absolute atomic E-state index is 0.205. The molecule has 4 aliphatic rings. The number of hydrogen-bond acceptors (Lipinski definition) is 8. The Bertz CT molecular complexity index is 1450. The third-order valence-corrected chi connectivity index (χ3v) is 7.69. The van der Waals surface area contributed by atoms with Gasteiger partial charge in [0.1, 0.15) is 17.7 Å². The van der Waals surface area contributed by atoms with Crippen LogP contribution in [0.2, 0.25) is 0 Å². The number of benzene rings is 2. The lowest BCUT2D eigenvalue weighted by molar-refractivity contribution is -0.123. The number of piperidine rings is 1. The minimum Gasteiger partial charge on any atom is -0.493 e. The highest BCUT2D eigenvalue weighted by molar-refractivity contribution is 5.95. The molecule has 4 aliphatic heterocycles. The zero-order chi connectivity index (χ0) is 28.3. The molecule has 214 valence electrons.